The first-order chi connectivity index (χ1) is 21.4. The molecule has 4 aromatic carbocycles. The second-order valence-corrected chi connectivity index (χ2v) is 10.1. The molecule has 0 saturated carbocycles. The zero-order chi connectivity index (χ0) is 31.8. The van der Waals surface area contributed by atoms with Crippen molar-refractivity contribution >= 4 is 41.3 Å². The summed E-state index contributed by atoms with van der Waals surface area (Å²) in [6.45, 7) is 0. The second kappa shape index (κ2) is 28.9. The quantitative estimate of drug-likeness (QED) is 0.0737. The van der Waals surface area contributed by atoms with Gasteiger partial charge < -0.3 is 36.4 Å². The van der Waals surface area contributed by atoms with Crippen molar-refractivity contribution < 1.29 is 45.9 Å². The number of benzene rings is 4. The van der Waals surface area contributed by atoms with Gasteiger partial charge in [0.05, 0.1) is 33.2 Å². The Hall–Kier alpha value is -3.30. The maximum absolute atomic E-state index is 11.3. The molecule has 248 valence electrons. The normalized spacial score (nSPS) is 9.94. The SMILES string of the molecule is C.COC(=O)Cc1cccc(CCCC(O)c2ccccc2)c1.COC(=O)Cc1cccc(CCCC=O)c1.[Br-].[Mg+2].[c-]1ccccc1. The Balaban J connectivity index is 0. The zero-order valence-corrected chi connectivity index (χ0v) is 29.8. The molecule has 0 aliphatic rings. The molecule has 0 aliphatic heterocycles. The van der Waals surface area contributed by atoms with Gasteiger partial charge in [-0.1, -0.05) is 86.3 Å². The van der Waals surface area contributed by atoms with Crippen LogP contribution >= 0.6 is 0 Å². The van der Waals surface area contributed by atoms with Crippen LogP contribution in [0.2, 0.25) is 0 Å². The molecule has 4 aromatic rings. The summed E-state index contributed by atoms with van der Waals surface area (Å²) < 4.78 is 9.29. The van der Waals surface area contributed by atoms with Crippen molar-refractivity contribution in [1.29, 1.82) is 0 Å². The monoisotopic (exact) mass is 714 g/mol. The van der Waals surface area contributed by atoms with Crippen LogP contribution in [0.25, 0.3) is 0 Å². The van der Waals surface area contributed by atoms with E-state index in [1.165, 1.54) is 19.8 Å². The van der Waals surface area contributed by atoms with Crippen LogP contribution in [-0.2, 0) is 49.5 Å². The van der Waals surface area contributed by atoms with Crippen LogP contribution < -0.4 is 17.0 Å². The summed E-state index contributed by atoms with van der Waals surface area (Å²) in [4.78, 5) is 32.6. The Morgan fingerprint density at radius 2 is 1.19 bits per heavy atom. The molecule has 0 amide bonds. The Morgan fingerprint density at radius 3 is 1.62 bits per heavy atom. The number of rotatable bonds is 13. The molecule has 6 nitrogen and oxygen atoms in total. The third-order valence-electron chi connectivity index (χ3n) is 6.66. The van der Waals surface area contributed by atoms with Crippen LogP contribution in [-0.4, -0.2) is 60.6 Å². The molecular formula is C39H47BrMgO6. The summed E-state index contributed by atoms with van der Waals surface area (Å²) in [6.07, 6.45) is 5.94. The van der Waals surface area contributed by atoms with Crippen molar-refractivity contribution in [3.8, 4) is 0 Å². The Labute approximate surface area is 307 Å². The molecule has 0 spiro atoms. The van der Waals surface area contributed by atoms with E-state index >= 15 is 0 Å². The van der Waals surface area contributed by atoms with E-state index in [4.69, 9.17) is 0 Å². The van der Waals surface area contributed by atoms with Crippen molar-refractivity contribution in [1.82, 2.24) is 0 Å². The van der Waals surface area contributed by atoms with E-state index in [0.29, 0.717) is 19.3 Å². The van der Waals surface area contributed by atoms with Gasteiger partial charge in [0.1, 0.15) is 6.29 Å². The van der Waals surface area contributed by atoms with Crippen LogP contribution in [0.3, 0.4) is 0 Å². The Bertz CT molecular complexity index is 1340. The molecule has 0 aliphatic carbocycles. The van der Waals surface area contributed by atoms with Crippen LogP contribution in [0.15, 0.2) is 109 Å². The number of ether oxygens (including phenoxy) is 2. The predicted octanol–water partition coefficient (Wildman–Crippen LogP) is 4.13. The maximum Gasteiger partial charge on any atom is 2.00 e. The first-order valence-corrected chi connectivity index (χ1v) is 14.8. The van der Waals surface area contributed by atoms with E-state index in [-0.39, 0.29) is 59.4 Å². The summed E-state index contributed by atoms with van der Waals surface area (Å²) in [5.41, 5.74) is 5.22. The van der Waals surface area contributed by atoms with E-state index in [1.54, 1.807) is 0 Å². The molecule has 1 unspecified atom stereocenters. The van der Waals surface area contributed by atoms with Gasteiger partial charge in [-0.25, -0.2) is 0 Å². The molecule has 4 rings (SSSR count). The smallest absolute Gasteiger partial charge is 1.00 e. The van der Waals surface area contributed by atoms with E-state index in [2.05, 4.69) is 21.6 Å². The molecule has 0 saturated heterocycles. The zero-order valence-electron chi connectivity index (χ0n) is 26.8. The third kappa shape index (κ3) is 21.2. The van der Waals surface area contributed by atoms with Crippen molar-refractivity contribution in [2.75, 3.05) is 14.2 Å². The minimum absolute atomic E-state index is 0. The number of aldehydes is 1. The number of carbonyl (C=O) groups is 3. The van der Waals surface area contributed by atoms with Crippen LogP contribution in [0.4, 0.5) is 0 Å². The second-order valence-electron chi connectivity index (χ2n) is 10.1. The molecule has 0 fully saturated rings. The number of aliphatic hydroxyl groups excluding tert-OH is 1. The van der Waals surface area contributed by atoms with Gasteiger partial charge in [-0.2, -0.15) is 36.4 Å². The van der Waals surface area contributed by atoms with Gasteiger partial charge in [-0.3, -0.25) is 9.59 Å². The van der Waals surface area contributed by atoms with Crippen LogP contribution in [0.5, 0.6) is 0 Å². The number of methoxy groups -OCH3 is 2. The average molecular weight is 716 g/mol. The minimum atomic E-state index is -0.417. The molecule has 0 radical (unpaired) electrons. The van der Waals surface area contributed by atoms with Gasteiger partial charge in [0, 0.05) is 6.42 Å². The number of aliphatic hydroxyl groups is 1. The standard InChI is InChI=1S/C19H22O3.C13H16O3.C6H5.CH4.BrH.Mg/c1-22-19(21)14-16-9-5-7-15(13-16)8-6-12-18(20)17-10-3-2-4-11-17;1-16-13(15)10-12-7-4-6-11(9-12)5-2-3-8-14;1-2-4-6-5-3-1;;;/h2-5,7,9-11,13,18,20H,6,8,12,14H2,1H3;4,6-9H,2-3,5,10H2,1H3;1-5H;1H4;1H;/q;;-1;;;+2/p-1. The molecule has 1 atom stereocenters. The largest absolute Gasteiger partial charge is 2.00 e. The van der Waals surface area contributed by atoms with E-state index in [1.807, 2.05) is 103 Å². The van der Waals surface area contributed by atoms with Gasteiger partial charge in [0.15, 0.2) is 0 Å². The number of hydrogen-bond donors (Lipinski definition) is 1. The Kier molecular flexibility index (Phi) is 28.2. The van der Waals surface area contributed by atoms with Crippen molar-refractivity contribution in [3.05, 3.63) is 143 Å². The van der Waals surface area contributed by atoms with Crippen molar-refractivity contribution in [2.24, 2.45) is 0 Å². The fourth-order valence-corrected chi connectivity index (χ4v) is 4.34. The van der Waals surface area contributed by atoms with E-state index < -0.39 is 6.10 Å². The van der Waals surface area contributed by atoms with Crippen molar-refractivity contribution in [2.45, 2.75) is 64.9 Å². The van der Waals surface area contributed by atoms with Gasteiger partial charge >= 0.3 is 35.0 Å². The fraction of sp³-hybridized carbons (Fsp3) is 0.308. The van der Waals surface area contributed by atoms with Crippen LogP contribution in [0, 0.1) is 6.07 Å². The summed E-state index contributed by atoms with van der Waals surface area (Å²) in [7, 11) is 2.79. The topological polar surface area (TPSA) is 89.9 Å². The number of halogens is 1. The predicted molar refractivity (Wildman–Crippen MR) is 185 cm³/mol. The molecule has 8 heteroatoms. The van der Waals surface area contributed by atoms with Gasteiger partial charge in [0.25, 0.3) is 0 Å². The van der Waals surface area contributed by atoms with Crippen molar-refractivity contribution in [3.63, 3.8) is 0 Å². The van der Waals surface area contributed by atoms with Crippen LogP contribution in [0.1, 0.15) is 67.0 Å². The van der Waals surface area contributed by atoms with Gasteiger partial charge in [0.2, 0.25) is 0 Å². The number of aryl methyl sites for hydroxylation is 2. The summed E-state index contributed by atoms with van der Waals surface area (Å²) in [5.74, 6) is -0.457. The molecule has 1 N–H and O–H groups in total. The number of esters is 2. The molecule has 0 heterocycles. The molecule has 0 bridgehead atoms. The first kappa shape index (κ1) is 45.8. The minimum Gasteiger partial charge on any atom is -1.00 e. The summed E-state index contributed by atoms with van der Waals surface area (Å²) in [5, 5.41) is 10.1. The van der Waals surface area contributed by atoms with Gasteiger partial charge in [-0.15, -0.1) is 0 Å². The molecular weight excluding hydrogens is 669 g/mol. The molecule has 0 aromatic heterocycles. The average Bonchev–Trinajstić information content (AvgIpc) is 3.07. The fourth-order valence-electron chi connectivity index (χ4n) is 4.34. The number of unbranched alkanes of at least 4 members (excludes halogenated alkanes) is 1. The summed E-state index contributed by atoms with van der Waals surface area (Å²) in [6, 6.07) is 38.0. The van der Waals surface area contributed by atoms with Gasteiger partial charge in [-0.05, 0) is 59.9 Å². The number of carbonyl (C=O) groups excluding carboxylic acids is 3. The van der Waals surface area contributed by atoms with E-state index in [0.717, 1.165) is 60.6 Å². The summed E-state index contributed by atoms with van der Waals surface area (Å²) >= 11 is 0. The maximum atomic E-state index is 11.3. The third-order valence-corrected chi connectivity index (χ3v) is 6.66. The number of hydrogen-bond acceptors (Lipinski definition) is 6. The molecule has 47 heavy (non-hydrogen) atoms. The first-order valence-electron chi connectivity index (χ1n) is 14.8. The van der Waals surface area contributed by atoms with E-state index in [9.17, 15) is 19.5 Å². The Morgan fingerprint density at radius 1 is 0.723 bits per heavy atom.